The summed E-state index contributed by atoms with van der Waals surface area (Å²) in [4.78, 5) is 10.1. The Labute approximate surface area is 66.1 Å². The van der Waals surface area contributed by atoms with Crippen molar-refractivity contribution in [3.63, 3.8) is 0 Å². The van der Waals surface area contributed by atoms with Gasteiger partial charge in [-0.15, -0.1) is 0 Å². The van der Waals surface area contributed by atoms with E-state index in [-0.39, 0.29) is 28.9 Å². The normalized spacial score (nSPS) is 12.4. The molecule has 59 valence electrons. The Balaban J connectivity index is 0. The minimum atomic E-state index is -0.708. The number of aliphatic carboxylic acids is 1. The molecule has 0 fully saturated rings. The largest absolute Gasteiger partial charge is 0.481 e. The van der Waals surface area contributed by atoms with Crippen LogP contribution in [0.2, 0.25) is 0 Å². The van der Waals surface area contributed by atoms with Crippen molar-refractivity contribution in [2.45, 2.75) is 20.8 Å². The van der Waals surface area contributed by atoms with Gasteiger partial charge in [0.1, 0.15) is 0 Å². The van der Waals surface area contributed by atoms with Gasteiger partial charge in [-0.25, -0.2) is 0 Å². The van der Waals surface area contributed by atoms with Crippen molar-refractivity contribution in [3.05, 3.63) is 0 Å². The predicted molar refractivity (Wildman–Crippen MR) is 31.6 cm³/mol. The molecular formula is C6H12CuO2. The molecule has 0 aromatic heterocycles. The Morgan fingerprint density at radius 3 is 1.67 bits per heavy atom. The predicted octanol–water partition coefficient (Wildman–Crippen LogP) is 1.36. The Kier molecular flexibility index (Phi) is 6.30. The molecule has 0 aliphatic rings. The molecule has 0 heterocycles. The number of carbonyl (C=O) groups is 1. The number of hydrogen-bond acceptors (Lipinski definition) is 1. The van der Waals surface area contributed by atoms with Crippen molar-refractivity contribution in [2.24, 2.45) is 11.8 Å². The van der Waals surface area contributed by atoms with E-state index in [1.807, 2.05) is 13.8 Å². The maximum absolute atomic E-state index is 10.1. The summed E-state index contributed by atoms with van der Waals surface area (Å²) in [6.45, 7) is 5.52. The standard InChI is InChI=1S/C6H12O2.Cu/c1-4(2)5(3)6(7)8;/h4-5H,1-3H3,(H,7,8);. The van der Waals surface area contributed by atoms with Crippen molar-refractivity contribution in [1.29, 1.82) is 0 Å². The van der Waals surface area contributed by atoms with E-state index in [0.29, 0.717) is 0 Å². The van der Waals surface area contributed by atoms with Crippen molar-refractivity contribution >= 4 is 5.97 Å². The number of hydrogen-bond donors (Lipinski definition) is 1. The fraction of sp³-hybridized carbons (Fsp3) is 0.833. The smallest absolute Gasteiger partial charge is 0.306 e. The van der Waals surface area contributed by atoms with Gasteiger partial charge in [0.05, 0.1) is 5.92 Å². The Morgan fingerprint density at radius 2 is 1.67 bits per heavy atom. The molecule has 0 aliphatic heterocycles. The molecule has 0 saturated carbocycles. The zero-order valence-corrected chi connectivity index (χ0v) is 6.75. The first kappa shape index (κ1) is 11.7. The Bertz CT molecular complexity index is 91.1. The average Bonchev–Trinajstić information content (AvgIpc) is 1.64. The number of rotatable bonds is 2. The quantitative estimate of drug-likeness (QED) is 0.651. The van der Waals surface area contributed by atoms with E-state index >= 15 is 0 Å². The third-order valence-corrected chi connectivity index (χ3v) is 1.39. The SMILES string of the molecule is CC(C)C(C)C(=O)O.[Cu]. The molecular weight excluding hydrogens is 168 g/mol. The first-order valence-electron chi connectivity index (χ1n) is 2.78. The third-order valence-electron chi connectivity index (χ3n) is 1.39. The Hall–Kier alpha value is -0.0105. The molecule has 1 atom stereocenters. The molecule has 0 amide bonds. The summed E-state index contributed by atoms with van der Waals surface area (Å²) < 4.78 is 0. The van der Waals surface area contributed by atoms with Crippen LogP contribution in [0.25, 0.3) is 0 Å². The van der Waals surface area contributed by atoms with Crippen LogP contribution in [0.3, 0.4) is 0 Å². The molecule has 0 saturated heterocycles. The van der Waals surface area contributed by atoms with Gasteiger partial charge in [0.25, 0.3) is 0 Å². The fourth-order valence-corrected chi connectivity index (χ4v) is 0.285. The van der Waals surface area contributed by atoms with Gasteiger partial charge in [0.15, 0.2) is 0 Å². The van der Waals surface area contributed by atoms with E-state index in [4.69, 9.17) is 5.11 Å². The number of carboxylic acid groups (broad SMARTS) is 1. The molecule has 0 rings (SSSR count). The summed E-state index contributed by atoms with van der Waals surface area (Å²) in [5.74, 6) is -0.678. The van der Waals surface area contributed by atoms with Crippen LogP contribution in [0.15, 0.2) is 0 Å². The third kappa shape index (κ3) is 4.49. The molecule has 2 nitrogen and oxygen atoms in total. The minimum Gasteiger partial charge on any atom is -0.481 e. The van der Waals surface area contributed by atoms with Crippen LogP contribution in [0.4, 0.5) is 0 Å². The van der Waals surface area contributed by atoms with Gasteiger partial charge in [0, 0.05) is 17.1 Å². The van der Waals surface area contributed by atoms with Crippen LogP contribution in [-0.2, 0) is 21.9 Å². The second-order valence-electron chi connectivity index (χ2n) is 2.37. The first-order valence-corrected chi connectivity index (χ1v) is 2.78. The molecule has 1 radical (unpaired) electrons. The molecule has 1 unspecified atom stereocenters. The second-order valence-corrected chi connectivity index (χ2v) is 2.37. The van der Waals surface area contributed by atoms with E-state index in [1.165, 1.54) is 0 Å². The van der Waals surface area contributed by atoms with Crippen molar-refractivity contribution in [3.8, 4) is 0 Å². The van der Waals surface area contributed by atoms with Gasteiger partial charge in [0.2, 0.25) is 0 Å². The van der Waals surface area contributed by atoms with E-state index in [2.05, 4.69) is 0 Å². The summed E-state index contributed by atoms with van der Waals surface area (Å²) in [5.41, 5.74) is 0. The fourth-order valence-electron chi connectivity index (χ4n) is 0.285. The van der Waals surface area contributed by atoms with Crippen molar-refractivity contribution in [1.82, 2.24) is 0 Å². The van der Waals surface area contributed by atoms with Crippen LogP contribution in [0.1, 0.15) is 20.8 Å². The molecule has 9 heavy (non-hydrogen) atoms. The van der Waals surface area contributed by atoms with Crippen molar-refractivity contribution < 1.29 is 27.0 Å². The minimum absolute atomic E-state index is 0. The van der Waals surface area contributed by atoms with Gasteiger partial charge in [-0.05, 0) is 5.92 Å². The summed E-state index contributed by atoms with van der Waals surface area (Å²) in [6, 6.07) is 0. The van der Waals surface area contributed by atoms with Crippen LogP contribution >= 0.6 is 0 Å². The molecule has 3 heteroatoms. The van der Waals surface area contributed by atoms with Crippen LogP contribution in [0.5, 0.6) is 0 Å². The molecule has 0 bridgehead atoms. The zero-order valence-electron chi connectivity index (χ0n) is 5.81. The molecule has 1 N–H and O–H groups in total. The topological polar surface area (TPSA) is 37.3 Å². The monoisotopic (exact) mass is 179 g/mol. The van der Waals surface area contributed by atoms with Gasteiger partial charge < -0.3 is 5.11 Å². The van der Waals surface area contributed by atoms with Gasteiger partial charge in [-0.2, -0.15) is 0 Å². The summed E-state index contributed by atoms with van der Waals surface area (Å²) in [5, 5.41) is 8.35. The van der Waals surface area contributed by atoms with Gasteiger partial charge in [-0.3, -0.25) is 4.79 Å². The van der Waals surface area contributed by atoms with Gasteiger partial charge in [-0.1, -0.05) is 20.8 Å². The molecule has 0 spiro atoms. The van der Waals surface area contributed by atoms with Crippen LogP contribution in [-0.4, -0.2) is 11.1 Å². The molecule has 0 aromatic carbocycles. The van der Waals surface area contributed by atoms with E-state index in [1.54, 1.807) is 6.92 Å². The van der Waals surface area contributed by atoms with Crippen molar-refractivity contribution in [2.75, 3.05) is 0 Å². The maximum atomic E-state index is 10.1. The van der Waals surface area contributed by atoms with Crippen LogP contribution in [0, 0.1) is 11.8 Å². The Morgan fingerprint density at radius 1 is 1.33 bits per heavy atom. The second kappa shape index (κ2) is 4.83. The average molecular weight is 180 g/mol. The summed E-state index contributed by atoms with van der Waals surface area (Å²) in [6.07, 6.45) is 0. The number of carboxylic acids is 1. The summed E-state index contributed by atoms with van der Waals surface area (Å²) in [7, 11) is 0. The molecule has 0 aromatic rings. The van der Waals surface area contributed by atoms with Gasteiger partial charge >= 0.3 is 5.97 Å². The molecule has 0 aliphatic carbocycles. The van der Waals surface area contributed by atoms with E-state index < -0.39 is 5.97 Å². The zero-order chi connectivity index (χ0) is 6.73. The first-order chi connectivity index (χ1) is 3.55. The van der Waals surface area contributed by atoms with Crippen LogP contribution < -0.4 is 0 Å². The maximum Gasteiger partial charge on any atom is 0.306 e. The van der Waals surface area contributed by atoms with E-state index in [9.17, 15) is 4.79 Å². The summed E-state index contributed by atoms with van der Waals surface area (Å²) >= 11 is 0. The van der Waals surface area contributed by atoms with E-state index in [0.717, 1.165) is 0 Å².